The first kappa shape index (κ1) is 14.8. The quantitative estimate of drug-likeness (QED) is 0.711. The van der Waals surface area contributed by atoms with Crippen LogP contribution in [0.5, 0.6) is 0 Å². The van der Waals surface area contributed by atoms with Gasteiger partial charge in [0.1, 0.15) is 0 Å². The normalized spacial score (nSPS) is 18.4. The molecule has 3 aromatic rings. The minimum Gasteiger partial charge on any atom is -0.342 e. The highest BCUT2D eigenvalue weighted by Crippen LogP contribution is 2.33. The van der Waals surface area contributed by atoms with Gasteiger partial charge in [0.25, 0.3) is 0 Å². The predicted molar refractivity (Wildman–Crippen MR) is 96.2 cm³/mol. The van der Waals surface area contributed by atoms with Crippen molar-refractivity contribution in [1.82, 2.24) is 9.88 Å². The zero-order valence-electron chi connectivity index (χ0n) is 12.8. The van der Waals surface area contributed by atoms with Crippen molar-refractivity contribution in [2.45, 2.75) is 25.2 Å². The number of hydrogen-bond acceptors (Lipinski definition) is 4. The maximum absolute atomic E-state index is 12.5. The molecule has 3 nitrogen and oxygen atoms in total. The number of para-hydroxylation sites is 1. The van der Waals surface area contributed by atoms with Crippen LogP contribution in [0.4, 0.5) is 0 Å². The van der Waals surface area contributed by atoms with E-state index in [2.05, 4.69) is 18.2 Å². The first-order chi connectivity index (χ1) is 11.3. The Kier molecular flexibility index (Phi) is 4.14. The lowest BCUT2D eigenvalue weighted by Gasteiger charge is -2.31. The topological polar surface area (TPSA) is 33.2 Å². The van der Waals surface area contributed by atoms with E-state index in [1.807, 2.05) is 28.5 Å². The zero-order valence-corrected chi connectivity index (χ0v) is 14.4. The summed E-state index contributed by atoms with van der Waals surface area (Å²) >= 11 is 3.43. The number of thiazole rings is 1. The minimum atomic E-state index is 0.248. The summed E-state index contributed by atoms with van der Waals surface area (Å²) in [5.41, 5.74) is 1.08. The van der Waals surface area contributed by atoms with Gasteiger partial charge in [-0.2, -0.15) is 0 Å². The smallest absolute Gasteiger partial charge is 0.227 e. The first-order valence-electron chi connectivity index (χ1n) is 7.95. The Balaban J connectivity index is 1.49. The number of piperidine rings is 1. The van der Waals surface area contributed by atoms with Crippen LogP contribution in [0.1, 0.15) is 28.6 Å². The average Bonchev–Trinajstić information content (AvgIpc) is 3.24. The largest absolute Gasteiger partial charge is 0.342 e. The maximum Gasteiger partial charge on any atom is 0.227 e. The summed E-state index contributed by atoms with van der Waals surface area (Å²) in [5.74, 6) is 0.631. The molecule has 0 unspecified atom stereocenters. The third-order valence-electron chi connectivity index (χ3n) is 4.34. The standard InChI is InChI=1S/C18H18N2OS2/c21-17(11-14-6-4-10-22-14)20-9-3-5-13(12-20)18-19-15-7-1-2-8-16(15)23-18/h1-2,4,6-8,10,13H,3,5,9,11-12H2/t13-/m0/s1. The second kappa shape index (κ2) is 6.42. The molecule has 23 heavy (non-hydrogen) atoms. The van der Waals surface area contributed by atoms with Crippen molar-refractivity contribution >= 4 is 38.8 Å². The lowest BCUT2D eigenvalue weighted by atomic mass is 9.98. The fourth-order valence-electron chi connectivity index (χ4n) is 3.14. The Morgan fingerprint density at radius 3 is 3.00 bits per heavy atom. The number of benzene rings is 1. The molecule has 2 aromatic heterocycles. The number of carbonyl (C=O) groups is 1. The lowest BCUT2D eigenvalue weighted by Crippen LogP contribution is -2.39. The molecule has 0 saturated carbocycles. The van der Waals surface area contributed by atoms with Gasteiger partial charge in [0, 0.05) is 23.9 Å². The van der Waals surface area contributed by atoms with Gasteiger partial charge in [-0.3, -0.25) is 4.79 Å². The molecule has 0 N–H and O–H groups in total. The highest BCUT2D eigenvalue weighted by Gasteiger charge is 2.26. The van der Waals surface area contributed by atoms with E-state index in [1.54, 1.807) is 22.7 Å². The number of rotatable bonds is 3. The lowest BCUT2D eigenvalue weighted by molar-refractivity contribution is -0.131. The van der Waals surface area contributed by atoms with Crippen LogP contribution in [0, 0.1) is 0 Å². The van der Waals surface area contributed by atoms with Gasteiger partial charge in [0.05, 0.1) is 21.6 Å². The molecular formula is C18H18N2OS2. The monoisotopic (exact) mass is 342 g/mol. The number of amides is 1. The van der Waals surface area contributed by atoms with E-state index < -0.39 is 0 Å². The van der Waals surface area contributed by atoms with Crippen molar-refractivity contribution in [3.63, 3.8) is 0 Å². The van der Waals surface area contributed by atoms with E-state index in [1.165, 1.54) is 9.71 Å². The number of thiophene rings is 1. The van der Waals surface area contributed by atoms with Gasteiger partial charge in [-0.25, -0.2) is 4.98 Å². The van der Waals surface area contributed by atoms with E-state index in [0.717, 1.165) is 36.3 Å². The molecule has 0 radical (unpaired) electrons. The Morgan fingerprint density at radius 1 is 1.26 bits per heavy atom. The number of aromatic nitrogens is 1. The van der Waals surface area contributed by atoms with Crippen LogP contribution < -0.4 is 0 Å². The summed E-state index contributed by atoms with van der Waals surface area (Å²) in [6.07, 6.45) is 2.73. The van der Waals surface area contributed by atoms with Gasteiger partial charge in [0.15, 0.2) is 0 Å². The molecule has 1 aliphatic heterocycles. The van der Waals surface area contributed by atoms with Crippen LogP contribution >= 0.6 is 22.7 Å². The molecule has 3 heterocycles. The summed E-state index contributed by atoms with van der Waals surface area (Å²) < 4.78 is 1.24. The second-order valence-electron chi connectivity index (χ2n) is 5.95. The zero-order chi connectivity index (χ0) is 15.6. The van der Waals surface area contributed by atoms with Gasteiger partial charge >= 0.3 is 0 Å². The van der Waals surface area contributed by atoms with Gasteiger partial charge in [-0.05, 0) is 36.4 Å². The van der Waals surface area contributed by atoms with E-state index in [9.17, 15) is 4.79 Å². The van der Waals surface area contributed by atoms with Crippen LogP contribution in [0.15, 0.2) is 41.8 Å². The average molecular weight is 342 g/mol. The van der Waals surface area contributed by atoms with Crippen LogP contribution in [-0.2, 0) is 11.2 Å². The fraction of sp³-hybridized carbons (Fsp3) is 0.333. The van der Waals surface area contributed by atoms with Crippen LogP contribution in [0.3, 0.4) is 0 Å². The van der Waals surface area contributed by atoms with E-state index in [4.69, 9.17) is 4.98 Å². The Morgan fingerprint density at radius 2 is 2.17 bits per heavy atom. The summed E-state index contributed by atoms with van der Waals surface area (Å²) in [7, 11) is 0. The Bertz CT molecular complexity index is 776. The van der Waals surface area contributed by atoms with Crippen molar-refractivity contribution in [3.05, 3.63) is 51.7 Å². The van der Waals surface area contributed by atoms with E-state index >= 15 is 0 Å². The van der Waals surface area contributed by atoms with Crippen molar-refractivity contribution in [2.24, 2.45) is 0 Å². The summed E-state index contributed by atoms with van der Waals surface area (Å²) in [4.78, 5) is 20.5. The summed E-state index contributed by atoms with van der Waals surface area (Å²) in [6, 6.07) is 12.3. The van der Waals surface area contributed by atoms with E-state index in [-0.39, 0.29) is 5.91 Å². The third-order valence-corrected chi connectivity index (χ3v) is 6.41. The maximum atomic E-state index is 12.5. The molecule has 1 aliphatic rings. The molecule has 1 fully saturated rings. The summed E-state index contributed by atoms with van der Waals surface area (Å²) in [5, 5.41) is 3.21. The van der Waals surface area contributed by atoms with Crippen LogP contribution in [0.2, 0.25) is 0 Å². The molecule has 1 amide bonds. The summed E-state index contributed by atoms with van der Waals surface area (Å²) in [6.45, 7) is 1.69. The van der Waals surface area contributed by atoms with Gasteiger partial charge in [-0.15, -0.1) is 22.7 Å². The fourth-order valence-corrected chi connectivity index (χ4v) is 4.93. The van der Waals surface area contributed by atoms with Crippen LogP contribution in [-0.4, -0.2) is 28.9 Å². The minimum absolute atomic E-state index is 0.248. The number of hydrogen-bond donors (Lipinski definition) is 0. The highest BCUT2D eigenvalue weighted by atomic mass is 32.1. The molecule has 0 aliphatic carbocycles. The van der Waals surface area contributed by atoms with Gasteiger partial charge in [0.2, 0.25) is 5.91 Å². The molecule has 0 bridgehead atoms. The van der Waals surface area contributed by atoms with Crippen molar-refractivity contribution < 1.29 is 4.79 Å². The highest BCUT2D eigenvalue weighted by molar-refractivity contribution is 7.18. The first-order valence-corrected chi connectivity index (χ1v) is 9.65. The van der Waals surface area contributed by atoms with Gasteiger partial charge < -0.3 is 4.90 Å². The molecule has 5 heteroatoms. The SMILES string of the molecule is O=C(Cc1cccs1)N1CCC[C@H](c2nc3ccccc3s2)C1. The van der Waals surface area contributed by atoms with Crippen molar-refractivity contribution in [1.29, 1.82) is 0 Å². The van der Waals surface area contributed by atoms with Crippen molar-refractivity contribution in [3.8, 4) is 0 Å². The molecule has 4 rings (SSSR count). The molecule has 1 atom stereocenters. The van der Waals surface area contributed by atoms with Crippen molar-refractivity contribution in [2.75, 3.05) is 13.1 Å². The van der Waals surface area contributed by atoms with Crippen LogP contribution in [0.25, 0.3) is 10.2 Å². The molecule has 118 valence electrons. The number of fused-ring (bicyclic) bond motifs is 1. The molecule has 1 saturated heterocycles. The molecular weight excluding hydrogens is 324 g/mol. The van der Waals surface area contributed by atoms with Gasteiger partial charge in [-0.1, -0.05) is 18.2 Å². The second-order valence-corrected chi connectivity index (χ2v) is 8.05. The predicted octanol–water partition coefficient (Wildman–Crippen LogP) is 4.31. The Hall–Kier alpha value is -1.72. The molecule has 1 aromatic carbocycles. The third kappa shape index (κ3) is 3.16. The number of carbonyl (C=O) groups excluding carboxylic acids is 1. The number of likely N-dealkylation sites (tertiary alicyclic amines) is 1. The Labute approximate surface area is 143 Å². The van der Waals surface area contributed by atoms with E-state index in [0.29, 0.717) is 12.3 Å². The number of nitrogens with zero attached hydrogens (tertiary/aromatic N) is 2. The molecule has 0 spiro atoms.